The van der Waals surface area contributed by atoms with Crippen molar-refractivity contribution in [1.29, 1.82) is 0 Å². The Morgan fingerprint density at radius 1 is 1.00 bits per heavy atom. The molecule has 1 fully saturated rings. The van der Waals surface area contributed by atoms with Gasteiger partial charge in [0.2, 0.25) is 5.91 Å². The second-order valence-corrected chi connectivity index (χ2v) is 8.84. The number of nitrogens with zero attached hydrogens (tertiary/aromatic N) is 2. The number of hydrogen-bond acceptors (Lipinski definition) is 5. The standard InChI is InChI=1S/C28H25N3O4/c1-17(32)30-21-11-13-22(14-12-21)31-25(23-8-4-5-15-29-23)24(27(34)28(31)35)26(33)20-10-9-18-6-2-3-7-19(18)16-20/h4-5,8-16,25,33H,2-3,6-7H2,1H3,(H,30,32)/b26-24-. The molecule has 7 nitrogen and oxygen atoms in total. The lowest BCUT2D eigenvalue weighted by atomic mass is 9.89. The smallest absolute Gasteiger partial charge is 0.300 e. The average Bonchev–Trinajstić information content (AvgIpc) is 3.14. The Bertz CT molecular complexity index is 1350. The van der Waals surface area contributed by atoms with E-state index in [1.807, 2.05) is 18.2 Å². The quantitative estimate of drug-likeness (QED) is 0.333. The Morgan fingerprint density at radius 2 is 1.74 bits per heavy atom. The molecule has 0 radical (unpaired) electrons. The molecule has 5 rings (SSSR count). The number of benzene rings is 2. The number of aryl methyl sites for hydroxylation is 2. The lowest BCUT2D eigenvalue weighted by molar-refractivity contribution is -0.132. The van der Waals surface area contributed by atoms with E-state index in [0.717, 1.165) is 31.2 Å². The van der Waals surface area contributed by atoms with Crippen molar-refractivity contribution in [2.24, 2.45) is 0 Å². The Kier molecular flexibility index (Phi) is 5.91. The second kappa shape index (κ2) is 9.18. The number of amides is 2. The van der Waals surface area contributed by atoms with Crippen molar-refractivity contribution in [3.05, 3.63) is 94.8 Å². The highest BCUT2D eigenvalue weighted by atomic mass is 16.3. The number of rotatable bonds is 4. The summed E-state index contributed by atoms with van der Waals surface area (Å²) < 4.78 is 0. The molecule has 176 valence electrons. The molecule has 35 heavy (non-hydrogen) atoms. The molecule has 3 aromatic rings. The summed E-state index contributed by atoms with van der Waals surface area (Å²) in [4.78, 5) is 43.7. The maximum atomic E-state index is 13.3. The van der Waals surface area contributed by atoms with Gasteiger partial charge in [-0.05, 0) is 79.3 Å². The topological polar surface area (TPSA) is 99.6 Å². The van der Waals surface area contributed by atoms with E-state index in [2.05, 4.69) is 10.3 Å². The number of hydrogen-bond donors (Lipinski definition) is 2. The van der Waals surface area contributed by atoms with Gasteiger partial charge in [0, 0.05) is 30.1 Å². The number of carbonyl (C=O) groups excluding carboxylic acids is 3. The van der Waals surface area contributed by atoms with Crippen LogP contribution in [0.15, 0.2) is 72.4 Å². The fourth-order valence-electron chi connectivity index (χ4n) is 4.86. The van der Waals surface area contributed by atoms with Crippen LogP contribution in [0, 0.1) is 0 Å². The zero-order valence-electron chi connectivity index (χ0n) is 19.3. The predicted octanol–water partition coefficient (Wildman–Crippen LogP) is 4.55. The van der Waals surface area contributed by atoms with Gasteiger partial charge < -0.3 is 10.4 Å². The van der Waals surface area contributed by atoms with Gasteiger partial charge in [0.05, 0.1) is 11.3 Å². The van der Waals surface area contributed by atoms with Crippen molar-refractivity contribution in [3.63, 3.8) is 0 Å². The number of aliphatic hydroxyl groups excluding tert-OH is 1. The molecule has 0 saturated carbocycles. The van der Waals surface area contributed by atoms with E-state index in [9.17, 15) is 19.5 Å². The lowest BCUT2D eigenvalue weighted by Gasteiger charge is -2.25. The maximum absolute atomic E-state index is 13.3. The third-order valence-corrected chi connectivity index (χ3v) is 6.50. The van der Waals surface area contributed by atoms with Crippen molar-refractivity contribution in [2.75, 3.05) is 10.2 Å². The van der Waals surface area contributed by atoms with Crippen LogP contribution < -0.4 is 10.2 Å². The first-order chi connectivity index (χ1) is 16.9. The number of nitrogens with one attached hydrogen (secondary N) is 1. The molecule has 2 N–H and O–H groups in total. The number of aromatic nitrogens is 1. The lowest BCUT2D eigenvalue weighted by Crippen LogP contribution is -2.29. The summed E-state index contributed by atoms with van der Waals surface area (Å²) in [5.41, 5.74) is 4.45. The number of fused-ring (bicyclic) bond motifs is 1. The van der Waals surface area contributed by atoms with E-state index in [-0.39, 0.29) is 17.2 Å². The molecule has 2 heterocycles. The number of aliphatic hydroxyl groups is 1. The van der Waals surface area contributed by atoms with Crippen LogP contribution in [0.3, 0.4) is 0 Å². The molecule has 2 aromatic carbocycles. The summed E-state index contributed by atoms with van der Waals surface area (Å²) in [6, 6.07) is 16.7. The predicted molar refractivity (Wildman–Crippen MR) is 133 cm³/mol. The molecule has 1 saturated heterocycles. The molecular weight excluding hydrogens is 442 g/mol. The normalized spacial score (nSPS) is 18.9. The van der Waals surface area contributed by atoms with Crippen LogP contribution in [0.2, 0.25) is 0 Å². The molecule has 1 atom stereocenters. The monoisotopic (exact) mass is 467 g/mol. The van der Waals surface area contributed by atoms with Gasteiger partial charge in [0.15, 0.2) is 0 Å². The van der Waals surface area contributed by atoms with E-state index < -0.39 is 17.7 Å². The average molecular weight is 468 g/mol. The van der Waals surface area contributed by atoms with Gasteiger partial charge in [-0.15, -0.1) is 0 Å². The number of anilines is 2. The van der Waals surface area contributed by atoms with Crippen LogP contribution in [0.4, 0.5) is 11.4 Å². The van der Waals surface area contributed by atoms with Gasteiger partial charge in [-0.25, -0.2) is 0 Å². The van der Waals surface area contributed by atoms with Crippen LogP contribution in [-0.2, 0) is 27.2 Å². The summed E-state index contributed by atoms with van der Waals surface area (Å²) in [6.45, 7) is 1.41. The molecule has 0 spiro atoms. The summed E-state index contributed by atoms with van der Waals surface area (Å²) in [7, 11) is 0. The Labute approximate surface area is 203 Å². The van der Waals surface area contributed by atoms with Crippen molar-refractivity contribution in [3.8, 4) is 0 Å². The van der Waals surface area contributed by atoms with Crippen molar-refractivity contribution >= 4 is 34.7 Å². The summed E-state index contributed by atoms with van der Waals surface area (Å²) in [5, 5.41) is 14.0. The third kappa shape index (κ3) is 4.21. The zero-order chi connectivity index (χ0) is 24.5. The van der Waals surface area contributed by atoms with E-state index in [1.54, 1.807) is 48.7 Å². The minimum atomic E-state index is -0.890. The highest BCUT2D eigenvalue weighted by Crippen LogP contribution is 2.42. The van der Waals surface area contributed by atoms with E-state index in [4.69, 9.17) is 0 Å². The SMILES string of the molecule is CC(=O)Nc1ccc(N2C(=O)C(=O)/C(=C(\O)c3ccc4c(c3)CCCC4)C2c2ccccn2)cc1. The molecule has 0 bridgehead atoms. The highest BCUT2D eigenvalue weighted by molar-refractivity contribution is 6.51. The number of carbonyl (C=O) groups is 3. The van der Waals surface area contributed by atoms with E-state index in [0.29, 0.717) is 22.6 Å². The number of ketones is 1. The fourth-order valence-corrected chi connectivity index (χ4v) is 4.86. The molecule has 1 aromatic heterocycles. The Morgan fingerprint density at radius 3 is 2.43 bits per heavy atom. The van der Waals surface area contributed by atoms with Gasteiger partial charge in [0.25, 0.3) is 11.7 Å². The minimum absolute atomic E-state index is 0.00963. The minimum Gasteiger partial charge on any atom is -0.507 e. The van der Waals surface area contributed by atoms with Crippen LogP contribution in [0.1, 0.15) is 48.2 Å². The van der Waals surface area contributed by atoms with Crippen molar-refractivity contribution < 1.29 is 19.5 Å². The molecule has 7 heteroatoms. The zero-order valence-corrected chi connectivity index (χ0v) is 19.3. The molecule has 2 aliphatic rings. The molecular formula is C28H25N3O4. The van der Waals surface area contributed by atoms with Crippen molar-refractivity contribution in [1.82, 2.24) is 4.98 Å². The highest BCUT2D eigenvalue weighted by Gasteiger charge is 2.47. The summed E-state index contributed by atoms with van der Waals surface area (Å²) in [5.74, 6) is -1.92. The Balaban J connectivity index is 1.62. The van der Waals surface area contributed by atoms with Gasteiger partial charge in [-0.2, -0.15) is 0 Å². The molecule has 1 unspecified atom stereocenters. The molecule has 2 amide bonds. The molecule has 1 aliphatic carbocycles. The first-order valence-corrected chi connectivity index (χ1v) is 11.7. The van der Waals surface area contributed by atoms with Gasteiger partial charge in [0.1, 0.15) is 11.8 Å². The van der Waals surface area contributed by atoms with E-state index >= 15 is 0 Å². The Hall–Kier alpha value is -4.26. The van der Waals surface area contributed by atoms with Crippen LogP contribution in [0.25, 0.3) is 5.76 Å². The van der Waals surface area contributed by atoms with Crippen LogP contribution >= 0.6 is 0 Å². The molecule has 1 aliphatic heterocycles. The summed E-state index contributed by atoms with van der Waals surface area (Å²) >= 11 is 0. The third-order valence-electron chi connectivity index (χ3n) is 6.50. The number of Topliss-reactive ketones (excluding diaryl/α,β-unsaturated/α-hetero) is 1. The fraction of sp³-hybridized carbons (Fsp3) is 0.214. The maximum Gasteiger partial charge on any atom is 0.300 e. The first kappa shape index (κ1) is 22.5. The van der Waals surface area contributed by atoms with Gasteiger partial charge in [-0.3, -0.25) is 24.3 Å². The number of pyridine rings is 1. The van der Waals surface area contributed by atoms with Gasteiger partial charge in [-0.1, -0.05) is 18.2 Å². The first-order valence-electron chi connectivity index (χ1n) is 11.7. The van der Waals surface area contributed by atoms with Gasteiger partial charge >= 0.3 is 0 Å². The van der Waals surface area contributed by atoms with E-state index in [1.165, 1.54) is 17.4 Å². The van der Waals surface area contributed by atoms with Crippen LogP contribution in [0.5, 0.6) is 0 Å². The summed E-state index contributed by atoms with van der Waals surface area (Å²) in [6.07, 6.45) is 5.75. The largest absolute Gasteiger partial charge is 0.507 e. The van der Waals surface area contributed by atoms with Crippen molar-refractivity contribution in [2.45, 2.75) is 38.6 Å². The van der Waals surface area contributed by atoms with Crippen LogP contribution in [-0.4, -0.2) is 27.7 Å². The second-order valence-electron chi connectivity index (χ2n) is 8.84.